The van der Waals surface area contributed by atoms with Gasteiger partial charge in [-0.2, -0.15) is 5.26 Å². The van der Waals surface area contributed by atoms with Crippen molar-refractivity contribution in [1.82, 2.24) is 10.3 Å². The molecule has 0 atom stereocenters. The quantitative estimate of drug-likeness (QED) is 0.842. The maximum Gasteiger partial charge on any atom is 0.221 e. The van der Waals surface area contributed by atoms with Crippen LogP contribution in [0.3, 0.4) is 0 Å². The highest BCUT2D eigenvalue weighted by molar-refractivity contribution is 5.83. The first-order valence-corrected chi connectivity index (χ1v) is 6.00. The Morgan fingerprint density at radius 3 is 3.06 bits per heavy atom. The van der Waals surface area contributed by atoms with E-state index in [2.05, 4.69) is 16.4 Å². The highest BCUT2D eigenvalue weighted by Crippen LogP contribution is 2.17. The number of carbonyl (C=O) groups is 1. The Kier molecular flexibility index (Phi) is 3.98. The van der Waals surface area contributed by atoms with Crippen molar-refractivity contribution in [1.29, 1.82) is 5.26 Å². The van der Waals surface area contributed by atoms with Crippen molar-refractivity contribution in [2.45, 2.75) is 19.3 Å². The molecule has 0 bridgehead atoms. The Morgan fingerprint density at radius 1 is 1.39 bits per heavy atom. The number of aromatic nitrogens is 1. The average Bonchev–Trinajstić information content (AvgIpc) is 2.80. The molecule has 0 radical (unpaired) electrons. The van der Waals surface area contributed by atoms with Crippen LogP contribution in [0.2, 0.25) is 0 Å². The van der Waals surface area contributed by atoms with E-state index >= 15 is 0 Å². The number of nitrogens with zero attached hydrogens (tertiary/aromatic N) is 1. The summed E-state index contributed by atoms with van der Waals surface area (Å²) in [5, 5.41) is 12.4. The van der Waals surface area contributed by atoms with Gasteiger partial charge in [-0.05, 0) is 18.1 Å². The van der Waals surface area contributed by atoms with Crippen LogP contribution < -0.4 is 5.32 Å². The molecule has 0 saturated carbocycles. The molecule has 92 valence electrons. The van der Waals surface area contributed by atoms with E-state index in [4.69, 9.17) is 5.26 Å². The van der Waals surface area contributed by atoms with Crippen molar-refractivity contribution in [2.75, 3.05) is 6.54 Å². The molecule has 1 aromatic heterocycles. The molecule has 2 N–H and O–H groups in total. The molecular weight excluding hydrogens is 226 g/mol. The molecule has 18 heavy (non-hydrogen) atoms. The number of carbonyl (C=O) groups excluding carboxylic acids is 1. The first-order chi connectivity index (χ1) is 8.81. The fourth-order valence-electron chi connectivity index (χ4n) is 1.93. The molecule has 0 aliphatic rings. The van der Waals surface area contributed by atoms with Crippen LogP contribution in [0.25, 0.3) is 10.9 Å². The zero-order chi connectivity index (χ0) is 12.8. The number of hydrogen-bond donors (Lipinski definition) is 2. The molecule has 2 rings (SSSR count). The number of aromatic amines is 1. The zero-order valence-electron chi connectivity index (χ0n) is 10.1. The number of rotatable bonds is 5. The molecule has 0 aliphatic carbocycles. The van der Waals surface area contributed by atoms with Crippen LogP contribution in [0, 0.1) is 11.3 Å². The minimum Gasteiger partial charge on any atom is -0.361 e. The monoisotopic (exact) mass is 241 g/mol. The van der Waals surface area contributed by atoms with Crippen molar-refractivity contribution in [3.8, 4) is 6.07 Å². The Morgan fingerprint density at radius 2 is 2.22 bits per heavy atom. The first-order valence-electron chi connectivity index (χ1n) is 6.00. The molecule has 4 nitrogen and oxygen atoms in total. The smallest absolute Gasteiger partial charge is 0.221 e. The number of hydrogen-bond acceptors (Lipinski definition) is 2. The van der Waals surface area contributed by atoms with Crippen molar-refractivity contribution >= 4 is 16.8 Å². The largest absolute Gasteiger partial charge is 0.361 e. The Bertz CT molecular complexity index is 580. The van der Waals surface area contributed by atoms with E-state index in [1.54, 1.807) is 0 Å². The van der Waals surface area contributed by atoms with Crippen LogP contribution in [0.4, 0.5) is 0 Å². The zero-order valence-corrected chi connectivity index (χ0v) is 10.1. The second-order valence-corrected chi connectivity index (χ2v) is 4.12. The van der Waals surface area contributed by atoms with Crippen LogP contribution >= 0.6 is 0 Å². The molecule has 0 aliphatic heterocycles. The van der Waals surface area contributed by atoms with Gasteiger partial charge in [-0.25, -0.2) is 0 Å². The van der Waals surface area contributed by atoms with E-state index < -0.39 is 0 Å². The predicted octanol–water partition coefficient (Wildman–Crippen LogP) is 2.13. The first kappa shape index (κ1) is 12.2. The fourth-order valence-corrected chi connectivity index (χ4v) is 1.93. The van der Waals surface area contributed by atoms with Crippen molar-refractivity contribution in [3.05, 3.63) is 36.0 Å². The summed E-state index contributed by atoms with van der Waals surface area (Å²) in [6, 6.07) is 10.1. The summed E-state index contributed by atoms with van der Waals surface area (Å²) in [6.07, 6.45) is 3.33. The predicted molar refractivity (Wildman–Crippen MR) is 69.9 cm³/mol. The highest BCUT2D eigenvalue weighted by atomic mass is 16.1. The molecule has 4 heteroatoms. The molecule has 1 heterocycles. The molecule has 0 spiro atoms. The number of nitriles is 1. The van der Waals surface area contributed by atoms with Gasteiger partial charge in [0.1, 0.15) is 0 Å². The van der Waals surface area contributed by atoms with Gasteiger partial charge in [0.25, 0.3) is 0 Å². The van der Waals surface area contributed by atoms with Gasteiger partial charge >= 0.3 is 0 Å². The van der Waals surface area contributed by atoms with Crippen LogP contribution in [0.5, 0.6) is 0 Å². The molecular formula is C14H15N3O. The fraction of sp³-hybridized carbons (Fsp3) is 0.286. The second-order valence-electron chi connectivity index (χ2n) is 4.12. The van der Waals surface area contributed by atoms with Gasteiger partial charge in [-0.3, -0.25) is 4.79 Å². The minimum absolute atomic E-state index is 0.0589. The third-order valence-electron chi connectivity index (χ3n) is 2.86. The SMILES string of the molecule is N#CCCC(=O)NCCc1c[nH]c2ccccc12. The van der Waals surface area contributed by atoms with E-state index in [9.17, 15) is 4.79 Å². The number of H-pyrrole nitrogens is 1. The van der Waals surface area contributed by atoms with Crippen LogP contribution in [-0.2, 0) is 11.2 Å². The molecule has 1 amide bonds. The van der Waals surface area contributed by atoms with Gasteiger partial charge in [-0.15, -0.1) is 0 Å². The molecule has 0 fully saturated rings. The van der Waals surface area contributed by atoms with Crippen molar-refractivity contribution in [2.24, 2.45) is 0 Å². The standard InChI is InChI=1S/C14H15N3O/c15-8-3-6-14(18)16-9-7-11-10-17-13-5-2-1-4-12(11)13/h1-2,4-5,10,17H,3,6-7,9H2,(H,16,18). The molecule has 2 aromatic rings. The maximum atomic E-state index is 11.3. The van der Waals surface area contributed by atoms with Gasteiger partial charge < -0.3 is 10.3 Å². The Hall–Kier alpha value is -2.28. The normalized spacial score (nSPS) is 10.2. The third kappa shape index (κ3) is 2.89. The average molecular weight is 241 g/mol. The maximum absolute atomic E-state index is 11.3. The molecule has 1 aromatic carbocycles. The lowest BCUT2D eigenvalue weighted by atomic mass is 10.1. The summed E-state index contributed by atoms with van der Waals surface area (Å²) in [4.78, 5) is 14.5. The number of amides is 1. The van der Waals surface area contributed by atoms with E-state index in [-0.39, 0.29) is 18.7 Å². The lowest BCUT2D eigenvalue weighted by Crippen LogP contribution is -2.25. The summed E-state index contributed by atoms with van der Waals surface area (Å²) < 4.78 is 0. The molecule has 0 saturated heterocycles. The summed E-state index contributed by atoms with van der Waals surface area (Å²) in [5.74, 6) is -0.0589. The summed E-state index contributed by atoms with van der Waals surface area (Å²) in [7, 11) is 0. The van der Waals surface area contributed by atoms with Gasteiger partial charge in [0.05, 0.1) is 6.07 Å². The number of benzene rings is 1. The van der Waals surface area contributed by atoms with E-state index in [0.29, 0.717) is 6.54 Å². The molecule has 0 unspecified atom stereocenters. The minimum atomic E-state index is -0.0589. The van der Waals surface area contributed by atoms with Gasteiger partial charge in [0.15, 0.2) is 0 Å². The number of nitrogens with one attached hydrogen (secondary N) is 2. The Labute approximate surface area is 106 Å². The van der Waals surface area contributed by atoms with E-state index in [1.807, 2.05) is 30.5 Å². The number of para-hydroxylation sites is 1. The topological polar surface area (TPSA) is 68.7 Å². The summed E-state index contributed by atoms with van der Waals surface area (Å²) in [5.41, 5.74) is 2.31. The van der Waals surface area contributed by atoms with Crippen LogP contribution in [0.15, 0.2) is 30.5 Å². The lowest BCUT2D eigenvalue weighted by Gasteiger charge is -2.03. The van der Waals surface area contributed by atoms with E-state index in [0.717, 1.165) is 11.9 Å². The number of fused-ring (bicyclic) bond motifs is 1. The second kappa shape index (κ2) is 5.87. The van der Waals surface area contributed by atoms with Crippen LogP contribution in [0.1, 0.15) is 18.4 Å². The Balaban J connectivity index is 1.87. The van der Waals surface area contributed by atoms with Gasteiger partial charge in [-0.1, -0.05) is 18.2 Å². The third-order valence-corrected chi connectivity index (χ3v) is 2.86. The van der Waals surface area contributed by atoms with Crippen molar-refractivity contribution < 1.29 is 4.79 Å². The summed E-state index contributed by atoms with van der Waals surface area (Å²) >= 11 is 0. The van der Waals surface area contributed by atoms with Crippen molar-refractivity contribution in [3.63, 3.8) is 0 Å². The highest BCUT2D eigenvalue weighted by Gasteiger charge is 2.04. The van der Waals surface area contributed by atoms with Gasteiger partial charge in [0, 0.05) is 36.5 Å². The summed E-state index contributed by atoms with van der Waals surface area (Å²) in [6.45, 7) is 0.603. The van der Waals surface area contributed by atoms with E-state index in [1.165, 1.54) is 10.9 Å². The van der Waals surface area contributed by atoms with Gasteiger partial charge in [0.2, 0.25) is 5.91 Å². The van der Waals surface area contributed by atoms with Crippen LogP contribution in [-0.4, -0.2) is 17.4 Å². The lowest BCUT2D eigenvalue weighted by molar-refractivity contribution is -0.120.